The van der Waals surface area contributed by atoms with Crippen molar-refractivity contribution in [2.45, 2.75) is 24.3 Å². The smallest absolute Gasteiger partial charge is 0.172 e. The van der Waals surface area contributed by atoms with E-state index in [4.69, 9.17) is 0 Å². The third kappa shape index (κ3) is 4.86. The number of Topliss-reactive ketones (excluding diaryl/α,β-unsaturated/α-hetero) is 1. The lowest BCUT2D eigenvalue weighted by atomic mass is 9.90. The Morgan fingerprint density at radius 1 is 1.17 bits per heavy atom. The van der Waals surface area contributed by atoms with Crippen molar-refractivity contribution >= 4 is 17.5 Å². The Balaban J connectivity index is 1.83. The van der Waals surface area contributed by atoms with E-state index in [0.717, 1.165) is 17.8 Å². The molecule has 0 spiro atoms. The Bertz CT molecular complexity index is 983. The normalized spacial score (nSPS) is 14.4. The van der Waals surface area contributed by atoms with Crippen molar-refractivity contribution in [1.29, 1.82) is 0 Å². The van der Waals surface area contributed by atoms with Gasteiger partial charge in [0, 0.05) is 22.4 Å². The second-order valence-corrected chi connectivity index (χ2v) is 7.85. The van der Waals surface area contributed by atoms with Crippen LogP contribution in [0.3, 0.4) is 0 Å². The quantitative estimate of drug-likeness (QED) is 0.563. The second-order valence-electron chi connectivity index (χ2n) is 6.52. The van der Waals surface area contributed by atoms with Crippen molar-refractivity contribution in [3.8, 4) is 0 Å². The molecule has 29 heavy (non-hydrogen) atoms. The SMILES string of the molecule is C[C@@H](SCC(=O)c1ccc(F)cc1)[C@](O)(Cn1cncn1)c1ccc(F)cc1F. The summed E-state index contributed by atoms with van der Waals surface area (Å²) in [5, 5.41) is 14.7. The number of hydrogen-bond acceptors (Lipinski definition) is 5. The number of carbonyl (C=O) groups excluding carboxylic acids is 1. The van der Waals surface area contributed by atoms with Crippen LogP contribution < -0.4 is 0 Å². The number of benzene rings is 2. The fourth-order valence-electron chi connectivity index (χ4n) is 2.89. The Morgan fingerprint density at radius 2 is 1.86 bits per heavy atom. The van der Waals surface area contributed by atoms with E-state index in [1.165, 1.54) is 47.7 Å². The molecule has 152 valence electrons. The van der Waals surface area contributed by atoms with E-state index in [2.05, 4.69) is 10.1 Å². The summed E-state index contributed by atoms with van der Waals surface area (Å²) in [4.78, 5) is 16.2. The molecule has 3 rings (SSSR count). The summed E-state index contributed by atoms with van der Waals surface area (Å²) < 4.78 is 42.2. The molecule has 1 aromatic heterocycles. The summed E-state index contributed by atoms with van der Waals surface area (Å²) in [6.45, 7) is 1.50. The number of halogens is 3. The van der Waals surface area contributed by atoms with E-state index in [9.17, 15) is 23.1 Å². The van der Waals surface area contributed by atoms with Gasteiger partial charge in [-0.25, -0.2) is 22.8 Å². The average Bonchev–Trinajstić information content (AvgIpc) is 3.19. The van der Waals surface area contributed by atoms with Crippen LogP contribution in [0.5, 0.6) is 0 Å². The molecule has 1 N–H and O–H groups in total. The number of ketones is 1. The molecule has 0 aliphatic rings. The minimum atomic E-state index is -1.79. The van der Waals surface area contributed by atoms with Gasteiger partial charge in [-0.3, -0.25) is 4.79 Å². The zero-order chi connectivity index (χ0) is 21.0. The lowest BCUT2D eigenvalue weighted by Crippen LogP contribution is -2.41. The molecule has 0 radical (unpaired) electrons. The number of nitrogens with zero attached hydrogens (tertiary/aromatic N) is 3. The van der Waals surface area contributed by atoms with Gasteiger partial charge in [0.05, 0.1) is 12.3 Å². The van der Waals surface area contributed by atoms with E-state index in [0.29, 0.717) is 11.6 Å². The van der Waals surface area contributed by atoms with Crippen LogP contribution in [0.2, 0.25) is 0 Å². The summed E-state index contributed by atoms with van der Waals surface area (Å²) in [6, 6.07) is 8.08. The zero-order valence-electron chi connectivity index (χ0n) is 15.4. The Morgan fingerprint density at radius 3 is 2.48 bits per heavy atom. The second kappa shape index (κ2) is 8.79. The fourth-order valence-corrected chi connectivity index (χ4v) is 3.94. The maximum absolute atomic E-state index is 14.5. The highest BCUT2D eigenvalue weighted by atomic mass is 32.2. The van der Waals surface area contributed by atoms with E-state index >= 15 is 0 Å². The molecule has 0 fully saturated rings. The van der Waals surface area contributed by atoms with Crippen LogP contribution >= 0.6 is 11.8 Å². The lowest BCUT2D eigenvalue weighted by molar-refractivity contribution is 0.0134. The van der Waals surface area contributed by atoms with Gasteiger partial charge in [0.2, 0.25) is 0 Å². The first-order valence-electron chi connectivity index (χ1n) is 8.70. The van der Waals surface area contributed by atoms with Crippen molar-refractivity contribution in [3.63, 3.8) is 0 Å². The molecule has 9 heteroatoms. The topological polar surface area (TPSA) is 68.0 Å². The molecule has 2 aromatic carbocycles. The van der Waals surface area contributed by atoms with Gasteiger partial charge in [0.1, 0.15) is 35.7 Å². The summed E-state index contributed by atoms with van der Waals surface area (Å²) >= 11 is 1.10. The summed E-state index contributed by atoms with van der Waals surface area (Å²) in [5.41, 5.74) is -1.57. The van der Waals surface area contributed by atoms with Crippen LogP contribution in [0.15, 0.2) is 55.1 Å². The van der Waals surface area contributed by atoms with E-state index in [1.54, 1.807) is 6.92 Å². The number of aliphatic hydroxyl groups is 1. The average molecular weight is 421 g/mol. The molecule has 0 unspecified atom stereocenters. The van der Waals surface area contributed by atoms with Crippen LogP contribution in [0.1, 0.15) is 22.8 Å². The van der Waals surface area contributed by atoms with Crippen LogP contribution in [-0.2, 0) is 12.1 Å². The standard InChI is InChI=1S/C20H18F3N3O2S/c1-13(29-9-19(27)14-2-4-15(21)5-3-14)20(28,10-26-12-24-11-25-26)17-7-6-16(22)8-18(17)23/h2-8,11-13,28H,9-10H2,1H3/t13-,20-/m1/s1. The third-order valence-corrected chi connectivity index (χ3v) is 5.89. The monoisotopic (exact) mass is 421 g/mol. The molecule has 0 amide bonds. The minimum absolute atomic E-state index is 0.0186. The van der Waals surface area contributed by atoms with Gasteiger partial charge in [-0.2, -0.15) is 5.10 Å². The Labute approximate surface area is 169 Å². The van der Waals surface area contributed by atoms with Crippen LogP contribution in [-0.4, -0.2) is 36.7 Å². The van der Waals surface area contributed by atoms with E-state index in [-0.39, 0.29) is 23.6 Å². The van der Waals surface area contributed by atoms with Crippen LogP contribution in [0.4, 0.5) is 13.2 Å². The molecular formula is C20H18F3N3O2S. The van der Waals surface area contributed by atoms with Crippen LogP contribution in [0.25, 0.3) is 0 Å². The summed E-state index contributed by atoms with van der Waals surface area (Å²) in [6.07, 6.45) is 2.64. The van der Waals surface area contributed by atoms with Gasteiger partial charge < -0.3 is 5.11 Å². The molecule has 0 saturated heterocycles. The maximum Gasteiger partial charge on any atom is 0.172 e. The van der Waals surface area contributed by atoms with Gasteiger partial charge in [-0.15, -0.1) is 11.8 Å². The molecular weight excluding hydrogens is 403 g/mol. The lowest BCUT2D eigenvalue weighted by Gasteiger charge is -2.34. The molecule has 0 aliphatic heterocycles. The summed E-state index contributed by atoms with van der Waals surface area (Å²) in [7, 11) is 0. The van der Waals surface area contributed by atoms with E-state index < -0.39 is 28.3 Å². The maximum atomic E-state index is 14.5. The van der Waals surface area contributed by atoms with Crippen molar-refractivity contribution in [2.24, 2.45) is 0 Å². The van der Waals surface area contributed by atoms with Gasteiger partial charge in [-0.1, -0.05) is 13.0 Å². The number of hydrogen-bond donors (Lipinski definition) is 1. The first kappa shape index (κ1) is 21.1. The van der Waals surface area contributed by atoms with Gasteiger partial charge >= 0.3 is 0 Å². The Hall–Kier alpha value is -2.65. The van der Waals surface area contributed by atoms with E-state index in [1.807, 2.05) is 0 Å². The Kier molecular flexibility index (Phi) is 6.39. The summed E-state index contributed by atoms with van der Waals surface area (Å²) in [5.74, 6) is -2.39. The highest BCUT2D eigenvalue weighted by molar-refractivity contribution is 8.00. The molecule has 0 saturated carbocycles. The molecule has 2 atom stereocenters. The van der Waals surface area contributed by atoms with Crippen molar-refractivity contribution in [3.05, 3.63) is 83.7 Å². The van der Waals surface area contributed by atoms with Gasteiger partial charge in [0.25, 0.3) is 0 Å². The largest absolute Gasteiger partial charge is 0.382 e. The third-order valence-electron chi connectivity index (χ3n) is 4.57. The number of rotatable bonds is 8. The van der Waals surface area contributed by atoms with Gasteiger partial charge in [0.15, 0.2) is 5.78 Å². The molecule has 3 aromatic rings. The number of carbonyl (C=O) groups is 1. The van der Waals surface area contributed by atoms with Crippen molar-refractivity contribution in [1.82, 2.24) is 14.8 Å². The first-order valence-corrected chi connectivity index (χ1v) is 9.75. The molecule has 1 heterocycles. The highest BCUT2D eigenvalue weighted by Gasteiger charge is 2.39. The highest BCUT2D eigenvalue weighted by Crippen LogP contribution is 2.36. The van der Waals surface area contributed by atoms with Crippen LogP contribution in [0, 0.1) is 17.5 Å². The predicted octanol–water partition coefficient (Wildman–Crippen LogP) is 3.59. The van der Waals surface area contributed by atoms with Crippen molar-refractivity contribution < 1.29 is 23.1 Å². The van der Waals surface area contributed by atoms with Gasteiger partial charge in [-0.05, 0) is 30.3 Å². The molecule has 0 bridgehead atoms. The number of aromatic nitrogens is 3. The number of thioether (sulfide) groups is 1. The minimum Gasteiger partial charge on any atom is -0.382 e. The fraction of sp³-hybridized carbons (Fsp3) is 0.250. The molecule has 5 nitrogen and oxygen atoms in total. The first-order chi connectivity index (χ1) is 13.8. The molecule has 0 aliphatic carbocycles. The zero-order valence-corrected chi connectivity index (χ0v) is 16.2. The predicted molar refractivity (Wildman–Crippen MR) is 103 cm³/mol. The van der Waals surface area contributed by atoms with Crippen molar-refractivity contribution in [2.75, 3.05) is 5.75 Å².